The molecule has 4 nitrogen and oxygen atoms in total. The Balaban J connectivity index is 0.964. The second-order valence-corrected chi connectivity index (χ2v) is 17.0. The highest BCUT2D eigenvalue weighted by atomic mass is 15.0. The molecule has 0 saturated heterocycles. The van der Waals surface area contributed by atoms with Crippen LogP contribution in [0.4, 0.5) is 0 Å². The highest BCUT2D eigenvalue weighted by molar-refractivity contribution is 6.22. The van der Waals surface area contributed by atoms with Crippen molar-refractivity contribution in [2.45, 2.75) is 27.7 Å². The molecular formula is C58H42N4. The van der Waals surface area contributed by atoms with E-state index in [0.717, 1.165) is 22.7 Å². The predicted molar refractivity (Wildman–Crippen MR) is 263 cm³/mol. The van der Waals surface area contributed by atoms with Gasteiger partial charge in [0.05, 0.1) is 33.1 Å². The molecule has 13 rings (SSSR count). The van der Waals surface area contributed by atoms with Crippen LogP contribution in [0.1, 0.15) is 22.5 Å². The first-order chi connectivity index (χ1) is 30.5. The van der Waals surface area contributed by atoms with Gasteiger partial charge in [-0.25, -0.2) is 0 Å². The van der Waals surface area contributed by atoms with E-state index in [2.05, 4.69) is 228 Å². The van der Waals surface area contributed by atoms with Crippen molar-refractivity contribution in [3.05, 3.63) is 205 Å². The lowest BCUT2D eigenvalue weighted by atomic mass is 9.97. The summed E-state index contributed by atoms with van der Waals surface area (Å²) in [4.78, 5) is 0. The molecule has 13 aromatic rings. The molecule has 0 radical (unpaired) electrons. The van der Waals surface area contributed by atoms with Crippen molar-refractivity contribution in [3.63, 3.8) is 0 Å². The molecule has 9 aromatic carbocycles. The number of rotatable bonds is 4. The molecule has 0 spiro atoms. The molecule has 0 N–H and O–H groups in total. The van der Waals surface area contributed by atoms with Crippen LogP contribution >= 0.6 is 0 Å². The Labute approximate surface area is 358 Å². The van der Waals surface area contributed by atoms with E-state index in [1.165, 1.54) is 109 Å². The van der Waals surface area contributed by atoms with E-state index in [9.17, 15) is 0 Å². The number of benzene rings is 9. The van der Waals surface area contributed by atoms with Crippen LogP contribution in [0.2, 0.25) is 0 Å². The molecule has 4 heterocycles. The van der Waals surface area contributed by atoms with Gasteiger partial charge in [-0.15, -0.1) is 0 Å². The van der Waals surface area contributed by atoms with E-state index >= 15 is 0 Å². The molecule has 4 aromatic heterocycles. The topological polar surface area (TPSA) is 19.7 Å². The van der Waals surface area contributed by atoms with E-state index in [-0.39, 0.29) is 0 Å². The lowest BCUT2D eigenvalue weighted by Crippen LogP contribution is -2.00. The monoisotopic (exact) mass is 794 g/mol. The Morgan fingerprint density at radius 3 is 0.806 bits per heavy atom. The van der Waals surface area contributed by atoms with Crippen LogP contribution in [-0.2, 0) is 0 Å². The summed E-state index contributed by atoms with van der Waals surface area (Å²) in [7, 11) is 0. The average molecular weight is 795 g/mol. The maximum Gasteiger partial charge on any atom is 0.0612 e. The summed E-state index contributed by atoms with van der Waals surface area (Å²) in [6, 6.07) is 67.3. The van der Waals surface area contributed by atoms with Gasteiger partial charge in [0.25, 0.3) is 0 Å². The van der Waals surface area contributed by atoms with Gasteiger partial charge >= 0.3 is 0 Å². The van der Waals surface area contributed by atoms with E-state index in [0.29, 0.717) is 0 Å². The first kappa shape index (κ1) is 35.0. The first-order valence-electron chi connectivity index (χ1n) is 21.6. The second kappa shape index (κ2) is 12.8. The lowest BCUT2D eigenvalue weighted by molar-refractivity contribution is 1.04. The van der Waals surface area contributed by atoms with E-state index in [1.54, 1.807) is 0 Å². The van der Waals surface area contributed by atoms with Crippen molar-refractivity contribution >= 4 is 87.0 Å². The zero-order valence-electron chi connectivity index (χ0n) is 35.1. The number of hydrogen-bond acceptors (Lipinski definition) is 0. The molecule has 0 atom stereocenters. The highest BCUT2D eigenvalue weighted by Crippen LogP contribution is 2.42. The number of hydrogen-bond donors (Lipinski definition) is 0. The van der Waals surface area contributed by atoms with Crippen LogP contribution in [0.5, 0.6) is 0 Å². The lowest BCUT2D eigenvalue weighted by Gasteiger charge is -2.15. The molecule has 62 heavy (non-hydrogen) atoms. The summed E-state index contributed by atoms with van der Waals surface area (Å²) in [5.74, 6) is 0. The molecule has 4 heteroatoms. The molecule has 0 aliphatic rings. The fraction of sp³-hybridized carbons (Fsp3) is 0.0690. The molecule has 0 fully saturated rings. The van der Waals surface area contributed by atoms with Crippen LogP contribution in [0.25, 0.3) is 110 Å². The highest BCUT2D eigenvalue weighted by Gasteiger charge is 2.21. The molecule has 0 unspecified atom stereocenters. The minimum absolute atomic E-state index is 1.16. The Hall–Kier alpha value is -7.82. The van der Waals surface area contributed by atoms with Crippen molar-refractivity contribution in [2.24, 2.45) is 0 Å². The number of para-hydroxylation sites is 4. The standard InChI is InChI=1S/C58H42N4/c1-35-37(3)59(39-21-25-41(26-22-39)61-53-17-9-5-13-47(53)48-14-6-10-18-54(48)61)57-43(35)29-31-45-46-32-30-44-36(2)38(4)60(58(44)52(46)34-33-51(45)57)40-23-27-42(28-24-40)62-55-19-11-7-15-49(55)50-16-8-12-20-56(50)62/h5-34H,1-4H3. The fourth-order valence-electron chi connectivity index (χ4n) is 10.9. The summed E-state index contributed by atoms with van der Waals surface area (Å²) in [6.45, 7) is 9.05. The maximum absolute atomic E-state index is 2.47. The van der Waals surface area contributed by atoms with Gasteiger partial charge in [0.15, 0.2) is 0 Å². The van der Waals surface area contributed by atoms with Gasteiger partial charge in [-0.1, -0.05) is 109 Å². The van der Waals surface area contributed by atoms with Gasteiger partial charge in [-0.3, -0.25) is 0 Å². The van der Waals surface area contributed by atoms with Crippen LogP contribution in [0.3, 0.4) is 0 Å². The molecule has 0 aliphatic heterocycles. The van der Waals surface area contributed by atoms with Crippen LogP contribution < -0.4 is 0 Å². The normalized spacial score (nSPS) is 12.2. The second-order valence-electron chi connectivity index (χ2n) is 17.0. The fourth-order valence-corrected chi connectivity index (χ4v) is 10.9. The molecule has 0 aliphatic carbocycles. The quantitative estimate of drug-likeness (QED) is 0.158. The van der Waals surface area contributed by atoms with Gasteiger partial charge in [-0.05, 0) is 122 Å². The van der Waals surface area contributed by atoms with Crippen molar-refractivity contribution in [2.75, 3.05) is 0 Å². The molecule has 0 amide bonds. The van der Waals surface area contributed by atoms with Gasteiger partial charge < -0.3 is 18.3 Å². The Kier molecular flexibility index (Phi) is 7.25. The van der Waals surface area contributed by atoms with Crippen LogP contribution in [0, 0.1) is 27.7 Å². The molecule has 0 bridgehead atoms. The third-order valence-corrected chi connectivity index (χ3v) is 14.0. The zero-order valence-corrected chi connectivity index (χ0v) is 35.1. The number of aryl methyl sites for hydroxylation is 2. The maximum atomic E-state index is 2.47. The zero-order chi connectivity index (χ0) is 41.4. The summed E-state index contributed by atoms with van der Waals surface area (Å²) < 4.78 is 9.73. The number of nitrogens with zero attached hydrogens (tertiary/aromatic N) is 4. The Morgan fingerprint density at radius 1 is 0.226 bits per heavy atom. The predicted octanol–water partition coefficient (Wildman–Crippen LogP) is 15.3. The van der Waals surface area contributed by atoms with Crippen LogP contribution in [0.15, 0.2) is 182 Å². The molecule has 0 saturated carbocycles. The number of aromatic nitrogens is 4. The van der Waals surface area contributed by atoms with E-state index < -0.39 is 0 Å². The van der Waals surface area contributed by atoms with Gasteiger partial charge in [0, 0.05) is 77.2 Å². The van der Waals surface area contributed by atoms with Crippen molar-refractivity contribution in [1.29, 1.82) is 0 Å². The Bertz CT molecular complexity index is 3630. The van der Waals surface area contributed by atoms with E-state index in [1.807, 2.05) is 0 Å². The SMILES string of the molecule is Cc1c(C)n(-c2ccc(-n3c4ccccc4c4ccccc43)cc2)c2c1ccc1c3ccc4c(C)c(C)n(-c5ccc(-n6c7ccccc7c7ccccc76)cc5)c4c3ccc12. The van der Waals surface area contributed by atoms with Crippen molar-refractivity contribution in [3.8, 4) is 22.7 Å². The van der Waals surface area contributed by atoms with Gasteiger partial charge in [0.1, 0.15) is 0 Å². The smallest absolute Gasteiger partial charge is 0.0612 e. The summed E-state index contributed by atoms with van der Waals surface area (Å²) in [6.07, 6.45) is 0. The van der Waals surface area contributed by atoms with Gasteiger partial charge in [-0.2, -0.15) is 0 Å². The average Bonchev–Trinajstić information content (AvgIpc) is 4.00. The third kappa shape index (κ3) is 4.66. The third-order valence-electron chi connectivity index (χ3n) is 14.0. The Morgan fingerprint density at radius 2 is 0.484 bits per heavy atom. The minimum Gasteiger partial charge on any atom is -0.313 e. The minimum atomic E-state index is 1.16. The van der Waals surface area contributed by atoms with Gasteiger partial charge in [0.2, 0.25) is 0 Å². The summed E-state index contributed by atoms with van der Waals surface area (Å²) >= 11 is 0. The summed E-state index contributed by atoms with van der Waals surface area (Å²) in [5.41, 5.74) is 17.2. The molecular weight excluding hydrogens is 753 g/mol. The largest absolute Gasteiger partial charge is 0.313 e. The number of fused-ring (bicyclic) bond motifs is 13. The first-order valence-corrected chi connectivity index (χ1v) is 21.6. The van der Waals surface area contributed by atoms with Crippen molar-refractivity contribution in [1.82, 2.24) is 18.3 Å². The van der Waals surface area contributed by atoms with Crippen molar-refractivity contribution < 1.29 is 0 Å². The van der Waals surface area contributed by atoms with E-state index in [4.69, 9.17) is 0 Å². The van der Waals surface area contributed by atoms with Crippen LogP contribution in [-0.4, -0.2) is 18.3 Å². The molecule has 294 valence electrons. The summed E-state index contributed by atoms with van der Waals surface area (Å²) in [5, 5.41) is 12.7.